The van der Waals surface area contributed by atoms with Crippen molar-refractivity contribution in [2.45, 2.75) is 44.3 Å². The van der Waals surface area contributed by atoms with E-state index in [0.29, 0.717) is 6.61 Å². The van der Waals surface area contributed by atoms with Crippen molar-refractivity contribution in [2.75, 3.05) is 6.61 Å². The molecule has 0 aliphatic carbocycles. The number of ether oxygens (including phenoxy) is 1. The van der Waals surface area contributed by atoms with Crippen molar-refractivity contribution in [2.24, 2.45) is 0 Å². The molecule has 5 heteroatoms. The van der Waals surface area contributed by atoms with E-state index in [4.69, 9.17) is 4.74 Å². The number of nitrogens with one attached hydrogen (secondary N) is 2. The van der Waals surface area contributed by atoms with Crippen molar-refractivity contribution in [1.29, 1.82) is 0 Å². The van der Waals surface area contributed by atoms with E-state index in [2.05, 4.69) is 10.6 Å². The van der Waals surface area contributed by atoms with Gasteiger partial charge in [-0.25, -0.2) is 4.79 Å². The summed E-state index contributed by atoms with van der Waals surface area (Å²) in [6, 6.07) is -0.580. The fourth-order valence-corrected chi connectivity index (χ4v) is 2.25. The highest BCUT2D eigenvalue weighted by Gasteiger charge is 2.41. The lowest BCUT2D eigenvalue weighted by Gasteiger charge is -2.39. The fourth-order valence-electron chi connectivity index (χ4n) is 2.25. The molecular formula is C10H16N2O3. The number of amides is 1. The van der Waals surface area contributed by atoms with Crippen molar-refractivity contribution >= 4 is 11.9 Å². The van der Waals surface area contributed by atoms with E-state index in [-0.39, 0.29) is 24.0 Å². The quantitative estimate of drug-likeness (QED) is 0.609. The summed E-state index contributed by atoms with van der Waals surface area (Å²) in [5.74, 6) is -0.410. The topological polar surface area (TPSA) is 67.4 Å². The van der Waals surface area contributed by atoms with E-state index in [1.807, 2.05) is 0 Å². The third-order valence-corrected chi connectivity index (χ3v) is 2.98. The third-order valence-electron chi connectivity index (χ3n) is 2.98. The molecule has 5 nitrogen and oxygen atoms in total. The van der Waals surface area contributed by atoms with Crippen molar-refractivity contribution in [3.05, 3.63) is 0 Å². The Morgan fingerprint density at radius 1 is 1.53 bits per heavy atom. The van der Waals surface area contributed by atoms with Crippen LogP contribution in [-0.2, 0) is 14.3 Å². The summed E-state index contributed by atoms with van der Waals surface area (Å²) in [7, 11) is 0. The first-order chi connectivity index (χ1) is 7.22. The Hall–Kier alpha value is -1.10. The van der Waals surface area contributed by atoms with Crippen LogP contribution in [0.25, 0.3) is 0 Å². The number of hydrogen-bond donors (Lipinski definition) is 2. The molecule has 15 heavy (non-hydrogen) atoms. The number of carbonyl (C=O) groups excluding carboxylic acids is 2. The minimum Gasteiger partial charge on any atom is -0.464 e. The van der Waals surface area contributed by atoms with Gasteiger partial charge in [-0.15, -0.1) is 0 Å². The molecule has 0 radical (unpaired) electrons. The zero-order chi connectivity index (χ0) is 10.8. The average molecular weight is 212 g/mol. The molecule has 2 bridgehead atoms. The van der Waals surface area contributed by atoms with Gasteiger partial charge >= 0.3 is 5.97 Å². The second-order valence-corrected chi connectivity index (χ2v) is 3.99. The molecule has 0 aromatic heterocycles. The number of carbonyl (C=O) groups is 2. The number of fused-ring (bicyclic) bond motifs is 2. The first-order valence-corrected chi connectivity index (χ1v) is 5.45. The number of rotatable bonds is 2. The van der Waals surface area contributed by atoms with Crippen LogP contribution in [0.5, 0.6) is 0 Å². The minimum absolute atomic E-state index is 0.0421. The number of piperidine rings is 1. The van der Waals surface area contributed by atoms with Gasteiger partial charge in [0, 0.05) is 6.04 Å². The predicted octanol–water partition coefficient (Wildman–Crippen LogP) is -0.441. The summed E-state index contributed by atoms with van der Waals surface area (Å²) < 4.78 is 4.93. The summed E-state index contributed by atoms with van der Waals surface area (Å²) in [4.78, 5) is 23.1. The lowest BCUT2D eigenvalue weighted by atomic mass is 9.89. The van der Waals surface area contributed by atoms with E-state index in [1.165, 1.54) is 0 Å². The second-order valence-electron chi connectivity index (χ2n) is 3.99. The van der Waals surface area contributed by atoms with E-state index in [9.17, 15) is 9.59 Å². The Kier molecular flexibility index (Phi) is 2.90. The Morgan fingerprint density at radius 2 is 2.33 bits per heavy atom. The minimum atomic E-state index is -0.506. The van der Waals surface area contributed by atoms with Gasteiger partial charge in [0.05, 0.1) is 12.6 Å². The van der Waals surface area contributed by atoms with Gasteiger partial charge in [-0.1, -0.05) is 0 Å². The summed E-state index contributed by atoms with van der Waals surface area (Å²) in [5, 5.41) is 5.91. The monoisotopic (exact) mass is 212 g/mol. The molecule has 1 amide bonds. The van der Waals surface area contributed by atoms with Gasteiger partial charge in [-0.05, 0) is 26.2 Å². The molecule has 84 valence electrons. The van der Waals surface area contributed by atoms with Gasteiger partial charge in [0.15, 0.2) is 0 Å². The first kappa shape index (κ1) is 10.4. The summed E-state index contributed by atoms with van der Waals surface area (Å²) >= 11 is 0. The van der Waals surface area contributed by atoms with Gasteiger partial charge < -0.3 is 15.4 Å². The van der Waals surface area contributed by atoms with Gasteiger partial charge in [0.2, 0.25) is 5.91 Å². The van der Waals surface area contributed by atoms with Crippen LogP contribution in [0.1, 0.15) is 26.2 Å². The highest BCUT2D eigenvalue weighted by Crippen LogP contribution is 2.20. The molecule has 0 unspecified atom stereocenters. The van der Waals surface area contributed by atoms with Gasteiger partial charge in [0.1, 0.15) is 6.04 Å². The Bertz CT molecular complexity index is 280. The summed E-state index contributed by atoms with van der Waals surface area (Å²) in [5.41, 5.74) is 0. The van der Waals surface area contributed by atoms with E-state index in [1.54, 1.807) is 6.92 Å². The molecule has 0 spiro atoms. The van der Waals surface area contributed by atoms with E-state index in [0.717, 1.165) is 19.3 Å². The molecule has 0 saturated carbocycles. The van der Waals surface area contributed by atoms with Crippen LogP contribution in [-0.4, -0.2) is 36.6 Å². The molecule has 2 rings (SSSR count). The van der Waals surface area contributed by atoms with Gasteiger partial charge in [-0.2, -0.15) is 0 Å². The van der Waals surface area contributed by atoms with E-state index < -0.39 is 6.04 Å². The lowest BCUT2D eigenvalue weighted by Crippen LogP contribution is -2.68. The molecule has 2 saturated heterocycles. The normalized spacial score (nSPS) is 34.5. The van der Waals surface area contributed by atoms with Crippen LogP contribution in [0.15, 0.2) is 0 Å². The van der Waals surface area contributed by atoms with Crippen LogP contribution in [0.4, 0.5) is 0 Å². The molecule has 3 atom stereocenters. The summed E-state index contributed by atoms with van der Waals surface area (Å²) in [6.45, 7) is 2.11. The average Bonchev–Trinajstić information content (AvgIpc) is 2.24. The van der Waals surface area contributed by atoms with Gasteiger partial charge in [-0.3, -0.25) is 4.79 Å². The molecule has 0 aromatic carbocycles. The zero-order valence-corrected chi connectivity index (χ0v) is 8.79. The highest BCUT2D eigenvalue weighted by molar-refractivity contribution is 5.89. The van der Waals surface area contributed by atoms with Crippen molar-refractivity contribution in [3.63, 3.8) is 0 Å². The second kappa shape index (κ2) is 4.18. The Balaban J connectivity index is 2.05. The smallest absolute Gasteiger partial charge is 0.330 e. The highest BCUT2D eigenvalue weighted by atomic mass is 16.5. The molecular weight excluding hydrogens is 196 g/mol. The molecule has 2 N–H and O–H groups in total. The van der Waals surface area contributed by atoms with Crippen molar-refractivity contribution in [3.8, 4) is 0 Å². The standard InChI is InChI=1S/C10H16N2O3/c1-2-15-10(14)8-6-4-3-5-7(11-6)9(13)12-8/h6-8,11H,2-5H2,1H3,(H,12,13)/t6-,7+,8-/m1/s1. The number of hydrogen-bond acceptors (Lipinski definition) is 4. The zero-order valence-electron chi connectivity index (χ0n) is 8.79. The largest absolute Gasteiger partial charge is 0.464 e. The molecule has 2 aliphatic rings. The summed E-state index contributed by atoms with van der Waals surface area (Å²) in [6.07, 6.45) is 2.77. The van der Waals surface area contributed by atoms with Crippen LogP contribution in [0, 0.1) is 0 Å². The lowest BCUT2D eigenvalue weighted by molar-refractivity contribution is -0.151. The fraction of sp³-hybridized carbons (Fsp3) is 0.800. The SMILES string of the molecule is CCOC(=O)[C@@H]1NC(=O)[C@@H]2CCC[C@H]1N2. The molecule has 0 aromatic rings. The maximum Gasteiger partial charge on any atom is 0.330 e. The maximum atomic E-state index is 11.6. The van der Waals surface area contributed by atoms with Crippen molar-refractivity contribution < 1.29 is 14.3 Å². The van der Waals surface area contributed by atoms with Crippen molar-refractivity contribution in [1.82, 2.24) is 10.6 Å². The third kappa shape index (κ3) is 1.97. The Morgan fingerprint density at radius 3 is 3.07 bits per heavy atom. The molecule has 2 aliphatic heterocycles. The molecule has 2 heterocycles. The molecule has 2 fully saturated rings. The van der Waals surface area contributed by atoms with E-state index >= 15 is 0 Å². The van der Waals surface area contributed by atoms with Gasteiger partial charge in [0.25, 0.3) is 0 Å². The number of esters is 1. The van der Waals surface area contributed by atoms with Crippen LogP contribution >= 0.6 is 0 Å². The number of piperazine rings is 1. The maximum absolute atomic E-state index is 11.6. The van der Waals surface area contributed by atoms with Crippen LogP contribution in [0.3, 0.4) is 0 Å². The first-order valence-electron chi connectivity index (χ1n) is 5.45. The predicted molar refractivity (Wildman–Crippen MR) is 53.1 cm³/mol. The van der Waals surface area contributed by atoms with Crippen LogP contribution < -0.4 is 10.6 Å². The van der Waals surface area contributed by atoms with Crippen LogP contribution in [0.2, 0.25) is 0 Å². The Labute approximate surface area is 88.5 Å².